The van der Waals surface area contributed by atoms with Crippen LogP contribution in [-0.2, 0) is 0 Å². The fraction of sp³-hybridized carbons (Fsp3) is 0.267. The number of hydrogen-bond acceptors (Lipinski definition) is 2. The minimum Gasteiger partial charge on any atom is -0.328 e. The number of Topliss-reactive ketones (excluding diaryl/α,β-unsaturated/α-hetero) is 1. The molecule has 0 aliphatic carbocycles. The van der Waals surface area contributed by atoms with Gasteiger partial charge in [0.25, 0.3) is 0 Å². The molecule has 2 heteroatoms. The van der Waals surface area contributed by atoms with E-state index in [1.807, 2.05) is 49.4 Å². The Morgan fingerprint density at radius 3 is 2.65 bits per heavy atom. The third-order valence-electron chi connectivity index (χ3n) is 2.92. The van der Waals surface area contributed by atoms with E-state index in [-0.39, 0.29) is 11.8 Å². The van der Waals surface area contributed by atoms with Crippen molar-refractivity contribution in [3.8, 4) is 0 Å². The van der Waals surface area contributed by atoms with Crippen molar-refractivity contribution in [3.63, 3.8) is 0 Å². The molecule has 2 N–H and O–H groups in total. The van der Waals surface area contributed by atoms with Crippen molar-refractivity contribution >= 4 is 16.6 Å². The van der Waals surface area contributed by atoms with E-state index >= 15 is 0 Å². The summed E-state index contributed by atoms with van der Waals surface area (Å²) in [5.41, 5.74) is 6.49. The van der Waals surface area contributed by atoms with Gasteiger partial charge in [-0.1, -0.05) is 42.5 Å². The first kappa shape index (κ1) is 11.8. The second-order valence-electron chi connectivity index (χ2n) is 4.47. The third-order valence-corrected chi connectivity index (χ3v) is 2.92. The van der Waals surface area contributed by atoms with E-state index in [4.69, 9.17) is 5.73 Å². The number of nitrogens with two attached hydrogens (primary N) is 1. The number of ketones is 1. The molecule has 0 aromatic heterocycles. The summed E-state index contributed by atoms with van der Waals surface area (Å²) in [7, 11) is 0. The first-order valence-electron chi connectivity index (χ1n) is 5.95. The first-order chi connectivity index (χ1) is 8.18. The van der Waals surface area contributed by atoms with E-state index in [2.05, 4.69) is 0 Å². The molecule has 0 saturated heterocycles. The Balaban J connectivity index is 2.32. The number of carbonyl (C=O) groups excluding carboxylic acids is 1. The Kier molecular flexibility index (Phi) is 3.55. The number of hydrogen-bond donors (Lipinski definition) is 1. The molecule has 0 heterocycles. The lowest BCUT2D eigenvalue weighted by Gasteiger charge is -2.07. The zero-order chi connectivity index (χ0) is 12.3. The Morgan fingerprint density at radius 1 is 1.18 bits per heavy atom. The standard InChI is InChI=1S/C15H17NO/c1-11(16)9-10-15(17)14-8-4-6-12-5-2-3-7-13(12)14/h2-8,11H,9-10,16H2,1H3. The van der Waals surface area contributed by atoms with Gasteiger partial charge in [0, 0.05) is 18.0 Å². The average Bonchev–Trinajstić information content (AvgIpc) is 2.35. The van der Waals surface area contributed by atoms with Gasteiger partial charge in [-0.25, -0.2) is 0 Å². The van der Waals surface area contributed by atoms with Crippen LogP contribution in [0.5, 0.6) is 0 Å². The zero-order valence-corrected chi connectivity index (χ0v) is 10.0. The minimum absolute atomic E-state index is 0.0777. The van der Waals surface area contributed by atoms with Crippen molar-refractivity contribution < 1.29 is 4.79 Å². The first-order valence-corrected chi connectivity index (χ1v) is 5.95. The second-order valence-corrected chi connectivity index (χ2v) is 4.47. The molecule has 0 bridgehead atoms. The highest BCUT2D eigenvalue weighted by atomic mass is 16.1. The van der Waals surface area contributed by atoms with Crippen molar-refractivity contribution in [3.05, 3.63) is 48.0 Å². The summed E-state index contributed by atoms with van der Waals surface area (Å²) < 4.78 is 0. The maximum absolute atomic E-state index is 12.1. The van der Waals surface area contributed by atoms with Gasteiger partial charge in [0.05, 0.1) is 0 Å². The summed E-state index contributed by atoms with van der Waals surface area (Å²) in [6.07, 6.45) is 1.26. The van der Waals surface area contributed by atoms with Crippen molar-refractivity contribution in [2.75, 3.05) is 0 Å². The van der Waals surface area contributed by atoms with E-state index in [1.165, 1.54) is 0 Å². The van der Waals surface area contributed by atoms with Crippen LogP contribution in [-0.4, -0.2) is 11.8 Å². The van der Waals surface area contributed by atoms with Gasteiger partial charge in [0.15, 0.2) is 5.78 Å². The monoisotopic (exact) mass is 227 g/mol. The van der Waals surface area contributed by atoms with Gasteiger partial charge in [-0.3, -0.25) is 4.79 Å². The molecular weight excluding hydrogens is 210 g/mol. The predicted molar refractivity (Wildman–Crippen MR) is 71.2 cm³/mol. The Labute approximate surface area is 101 Å². The van der Waals surface area contributed by atoms with Crippen LogP contribution in [0.2, 0.25) is 0 Å². The van der Waals surface area contributed by atoms with Crippen molar-refractivity contribution in [2.24, 2.45) is 5.73 Å². The summed E-state index contributed by atoms with van der Waals surface area (Å²) in [6.45, 7) is 1.93. The van der Waals surface area contributed by atoms with Crippen molar-refractivity contribution in [2.45, 2.75) is 25.8 Å². The van der Waals surface area contributed by atoms with Crippen LogP contribution in [0.3, 0.4) is 0 Å². The molecule has 0 radical (unpaired) electrons. The van der Waals surface area contributed by atoms with Crippen LogP contribution < -0.4 is 5.73 Å². The van der Waals surface area contributed by atoms with Crippen molar-refractivity contribution in [1.29, 1.82) is 0 Å². The second kappa shape index (κ2) is 5.11. The fourth-order valence-corrected chi connectivity index (χ4v) is 1.96. The quantitative estimate of drug-likeness (QED) is 0.815. The Morgan fingerprint density at radius 2 is 1.88 bits per heavy atom. The summed E-state index contributed by atoms with van der Waals surface area (Å²) in [5.74, 6) is 0.180. The van der Waals surface area contributed by atoms with E-state index in [0.717, 1.165) is 22.8 Å². The molecule has 0 saturated carbocycles. The predicted octanol–water partition coefficient (Wildman–Crippen LogP) is 3.15. The number of rotatable bonds is 4. The lowest BCUT2D eigenvalue weighted by molar-refractivity contribution is 0.0979. The van der Waals surface area contributed by atoms with Gasteiger partial charge in [0.2, 0.25) is 0 Å². The summed E-state index contributed by atoms with van der Waals surface area (Å²) in [5, 5.41) is 2.14. The van der Waals surface area contributed by atoms with E-state index in [0.29, 0.717) is 6.42 Å². The summed E-state index contributed by atoms with van der Waals surface area (Å²) in [4.78, 5) is 12.1. The van der Waals surface area contributed by atoms with E-state index in [9.17, 15) is 4.79 Å². The lowest BCUT2D eigenvalue weighted by atomic mass is 9.98. The van der Waals surface area contributed by atoms with Crippen LogP contribution in [0.4, 0.5) is 0 Å². The number of fused-ring (bicyclic) bond motifs is 1. The highest BCUT2D eigenvalue weighted by Crippen LogP contribution is 2.20. The molecule has 0 aliphatic heterocycles. The minimum atomic E-state index is 0.0777. The van der Waals surface area contributed by atoms with E-state index < -0.39 is 0 Å². The summed E-state index contributed by atoms with van der Waals surface area (Å²) in [6, 6.07) is 13.9. The fourth-order valence-electron chi connectivity index (χ4n) is 1.96. The third kappa shape index (κ3) is 2.71. The molecule has 0 amide bonds. The largest absolute Gasteiger partial charge is 0.328 e. The van der Waals surface area contributed by atoms with Gasteiger partial charge in [0.1, 0.15) is 0 Å². The molecule has 2 nitrogen and oxygen atoms in total. The van der Waals surface area contributed by atoms with E-state index in [1.54, 1.807) is 0 Å². The maximum atomic E-state index is 12.1. The molecule has 88 valence electrons. The molecule has 2 aromatic rings. The van der Waals surface area contributed by atoms with Gasteiger partial charge < -0.3 is 5.73 Å². The molecule has 0 spiro atoms. The SMILES string of the molecule is CC(N)CCC(=O)c1cccc2ccccc12. The molecule has 0 fully saturated rings. The highest BCUT2D eigenvalue weighted by molar-refractivity contribution is 6.08. The molecule has 2 rings (SSSR count). The molecule has 0 aliphatic rings. The van der Waals surface area contributed by atoms with Crippen LogP contribution in [0.15, 0.2) is 42.5 Å². The van der Waals surface area contributed by atoms with Gasteiger partial charge in [-0.15, -0.1) is 0 Å². The molecular formula is C15H17NO. The Hall–Kier alpha value is -1.67. The normalized spacial score (nSPS) is 12.6. The van der Waals surface area contributed by atoms with Crippen molar-refractivity contribution in [1.82, 2.24) is 0 Å². The van der Waals surface area contributed by atoms with Crippen LogP contribution >= 0.6 is 0 Å². The number of carbonyl (C=O) groups is 1. The summed E-state index contributed by atoms with van der Waals surface area (Å²) >= 11 is 0. The molecule has 1 atom stereocenters. The smallest absolute Gasteiger partial charge is 0.163 e. The van der Waals surface area contributed by atoms with Gasteiger partial charge >= 0.3 is 0 Å². The van der Waals surface area contributed by atoms with Crippen LogP contribution in [0.1, 0.15) is 30.1 Å². The lowest BCUT2D eigenvalue weighted by Crippen LogP contribution is -2.16. The highest BCUT2D eigenvalue weighted by Gasteiger charge is 2.10. The van der Waals surface area contributed by atoms with Gasteiger partial charge in [-0.05, 0) is 24.1 Å². The van der Waals surface area contributed by atoms with Gasteiger partial charge in [-0.2, -0.15) is 0 Å². The Bertz CT molecular complexity index is 526. The molecule has 2 aromatic carbocycles. The number of benzene rings is 2. The topological polar surface area (TPSA) is 43.1 Å². The molecule has 1 unspecified atom stereocenters. The molecule has 17 heavy (non-hydrogen) atoms. The van der Waals surface area contributed by atoms with Crippen LogP contribution in [0.25, 0.3) is 10.8 Å². The average molecular weight is 227 g/mol. The van der Waals surface area contributed by atoms with Crippen LogP contribution in [0, 0.1) is 0 Å². The maximum Gasteiger partial charge on any atom is 0.163 e. The zero-order valence-electron chi connectivity index (χ0n) is 10.0.